The molecule has 2 aromatic rings. The monoisotopic (exact) mass is 403 g/mol. The molecule has 0 amide bonds. The predicted octanol–water partition coefficient (Wildman–Crippen LogP) is 2.55. The molecule has 0 unspecified atom stereocenters. The lowest BCUT2D eigenvalue weighted by molar-refractivity contribution is 0.0697. The number of nitrogens with zero attached hydrogens (tertiary/aromatic N) is 2. The third kappa shape index (κ3) is 4.28. The van der Waals surface area contributed by atoms with E-state index in [1.54, 1.807) is 37.3 Å². The van der Waals surface area contributed by atoms with Gasteiger partial charge < -0.3 is 14.9 Å². The molecule has 0 atom stereocenters. The second kappa shape index (κ2) is 7.81. The molecule has 0 bridgehead atoms. The van der Waals surface area contributed by atoms with Crippen molar-refractivity contribution in [2.24, 2.45) is 0 Å². The fraction of sp³-hybridized carbons (Fsp3) is 0.350. The minimum atomic E-state index is -3.81. The molecule has 1 aliphatic heterocycles. The van der Waals surface area contributed by atoms with Crippen LogP contribution < -0.4 is 9.62 Å². The molecule has 2 aromatic carbocycles. The molecule has 8 heteroatoms. The van der Waals surface area contributed by atoms with Gasteiger partial charge in [0.2, 0.25) is 0 Å². The number of hydrogen-bond acceptors (Lipinski definition) is 5. The highest BCUT2D eigenvalue weighted by molar-refractivity contribution is 7.92. The van der Waals surface area contributed by atoms with Crippen molar-refractivity contribution < 1.29 is 18.3 Å². The average Bonchev–Trinajstić information content (AvgIpc) is 2.61. The van der Waals surface area contributed by atoms with Gasteiger partial charge in [0.15, 0.2) is 0 Å². The molecule has 0 spiro atoms. The Morgan fingerprint density at radius 2 is 1.71 bits per heavy atom. The van der Waals surface area contributed by atoms with Gasteiger partial charge in [-0.2, -0.15) is 0 Å². The Kier molecular flexibility index (Phi) is 5.62. The molecule has 7 nitrogen and oxygen atoms in total. The fourth-order valence-corrected chi connectivity index (χ4v) is 4.68. The minimum Gasteiger partial charge on any atom is -0.478 e. The molecular formula is C20H25N3O4S. The van der Waals surface area contributed by atoms with Crippen LogP contribution >= 0.6 is 0 Å². The van der Waals surface area contributed by atoms with Crippen LogP contribution in [0.2, 0.25) is 0 Å². The summed E-state index contributed by atoms with van der Waals surface area (Å²) in [7, 11) is -1.78. The maximum atomic E-state index is 12.8. The van der Waals surface area contributed by atoms with Gasteiger partial charge in [-0.1, -0.05) is 17.7 Å². The minimum absolute atomic E-state index is 0.0883. The first-order valence-corrected chi connectivity index (χ1v) is 10.6. The first kappa shape index (κ1) is 20.2. The molecule has 28 heavy (non-hydrogen) atoms. The van der Waals surface area contributed by atoms with Crippen LogP contribution in [0.25, 0.3) is 0 Å². The van der Waals surface area contributed by atoms with Crippen LogP contribution in [0, 0.1) is 13.8 Å². The quantitative estimate of drug-likeness (QED) is 0.798. The largest absolute Gasteiger partial charge is 0.478 e. The van der Waals surface area contributed by atoms with E-state index in [1.165, 1.54) is 6.07 Å². The Balaban J connectivity index is 1.90. The van der Waals surface area contributed by atoms with Gasteiger partial charge in [0, 0.05) is 31.9 Å². The van der Waals surface area contributed by atoms with Gasteiger partial charge in [-0.3, -0.25) is 4.72 Å². The number of nitrogens with one attached hydrogen (secondary N) is 1. The van der Waals surface area contributed by atoms with E-state index >= 15 is 0 Å². The summed E-state index contributed by atoms with van der Waals surface area (Å²) in [5.74, 6) is -1.08. The van der Waals surface area contributed by atoms with Crippen molar-refractivity contribution in [1.29, 1.82) is 0 Å². The van der Waals surface area contributed by atoms with Gasteiger partial charge in [0.1, 0.15) is 0 Å². The standard InChI is InChI=1S/C20H25N3O4S/c1-14-4-7-19(15(2)12-14)28(26,27)21-16-5-6-18(17(13-16)20(24)25)23-10-8-22(3)9-11-23/h4-7,12-13,21H,8-11H2,1-3H3,(H,24,25). The smallest absolute Gasteiger partial charge is 0.337 e. The van der Waals surface area contributed by atoms with Crippen LogP contribution in [0.1, 0.15) is 21.5 Å². The van der Waals surface area contributed by atoms with E-state index in [4.69, 9.17) is 0 Å². The summed E-state index contributed by atoms with van der Waals surface area (Å²) in [6.45, 7) is 6.78. The average molecular weight is 404 g/mol. The lowest BCUT2D eigenvalue weighted by Crippen LogP contribution is -2.45. The molecule has 0 aliphatic carbocycles. The second-order valence-electron chi connectivity index (χ2n) is 7.20. The SMILES string of the molecule is Cc1ccc(S(=O)(=O)Nc2ccc(N3CCN(C)CC3)c(C(=O)O)c2)c(C)c1. The zero-order chi connectivity index (χ0) is 20.5. The summed E-state index contributed by atoms with van der Waals surface area (Å²) < 4.78 is 28.0. The van der Waals surface area contributed by atoms with Crippen molar-refractivity contribution in [1.82, 2.24) is 4.90 Å². The fourth-order valence-electron chi connectivity index (χ4n) is 3.40. The summed E-state index contributed by atoms with van der Waals surface area (Å²) in [4.78, 5) is 16.2. The van der Waals surface area contributed by atoms with E-state index in [2.05, 4.69) is 9.62 Å². The number of anilines is 2. The highest BCUT2D eigenvalue weighted by Gasteiger charge is 2.22. The Hall–Kier alpha value is -2.58. The number of carboxylic acid groups (broad SMARTS) is 1. The second-order valence-corrected chi connectivity index (χ2v) is 8.85. The molecule has 1 saturated heterocycles. The van der Waals surface area contributed by atoms with Gasteiger partial charge in [0.05, 0.1) is 16.1 Å². The van der Waals surface area contributed by atoms with Crippen molar-refractivity contribution in [2.45, 2.75) is 18.7 Å². The normalized spacial score (nSPS) is 15.5. The van der Waals surface area contributed by atoms with Gasteiger partial charge in [0.25, 0.3) is 10.0 Å². The van der Waals surface area contributed by atoms with Crippen LogP contribution in [0.5, 0.6) is 0 Å². The van der Waals surface area contributed by atoms with Crippen LogP contribution in [0.3, 0.4) is 0 Å². The number of aryl methyl sites for hydroxylation is 2. The summed E-state index contributed by atoms with van der Waals surface area (Å²) in [6, 6.07) is 9.77. The molecule has 2 N–H and O–H groups in total. The van der Waals surface area contributed by atoms with Crippen LogP contribution in [0.15, 0.2) is 41.3 Å². The van der Waals surface area contributed by atoms with Crippen molar-refractivity contribution in [2.75, 3.05) is 42.8 Å². The van der Waals surface area contributed by atoms with E-state index in [-0.39, 0.29) is 16.1 Å². The molecule has 0 aromatic heterocycles. The van der Waals surface area contributed by atoms with Crippen LogP contribution in [-0.2, 0) is 10.0 Å². The Bertz CT molecular complexity index is 997. The van der Waals surface area contributed by atoms with E-state index in [0.717, 1.165) is 31.7 Å². The van der Waals surface area contributed by atoms with E-state index in [9.17, 15) is 18.3 Å². The van der Waals surface area contributed by atoms with Crippen molar-refractivity contribution in [3.8, 4) is 0 Å². The van der Waals surface area contributed by atoms with E-state index in [1.807, 2.05) is 18.9 Å². The van der Waals surface area contributed by atoms with Crippen molar-refractivity contribution in [3.63, 3.8) is 0 Å². The van der Waals surface area contributed by atoms with Gasteiger partial charge in [-0.05, 0) is 50.7 Å². The molecule has 0 radical (unpaired) electrons. The van der Waals surface area contributed by atoms with Gasteiger partial charge in [-0.15, -0.1) is 0 Å². The number of likely N-dealkylation sites (N-methyl/N-ethyl adjacent to an activating group) is 1. The number of carbonyl (C=O) groups is 1. The lowest BCUT2D eigenvalue weighted by atomic mass is 10.1. The third-order valence-electron chi connectivity index (χ3n) is 4.94. The molecule has 1 fully saturated rings. The summed E-state index contributed by atoms with van der Waals surface area (Å²) in [5.41, 5.74) is 2.54. The summed E-state index contributed by atoms with van der Waals surface area (Å²) in [5, 5.41) is 9.65. The molecule has 1 aliphatic rings. The first-order valence-electron chi connectivity index (χ1n) is 9.08. The molecule has 0 saturated carbocycles. The molecule has 3 rings (SSSR count). The summed E-state index contributed by atoms with van der Waals surface area (Å²) >= 11 is 0. The third-order valence-corrected chi connectivity index (χ3v) is 6.48. The first-order chi connectivity index (χ1) is 13.2. The van der Waals surface area contributed by atoms with Crippen LogP contribution in [0.4, 0.5) is 11.4 Å². The number of rotatable bonds is 5. The predicted molar refractivity (Wildman–Crippen MR) is 110 cm³/mol. The Labute approximate surface area is 165 Å². The number of sulfonamides is 1. The van der Waals surface area contributed by atoms with Gasteiger partial charge >= 0.3 is 5.97 Å². The van der Waals surface area contributed by atoms with E-state index in [0.29, 0.717) is 11.3 Å². The number of hydrogen-bond donors (Lipinski definition) is 2. The summed E-state index contributed by atoms with van der Waals surface area (Å²) in [6.07, 6.45) is 0. The Morgan fingerprint density at radius 1 is 1.04 bits per heavy atom. The molecular weight excluding hydrogens is 378 g/mol. The highest BCUT2D eigenvalue weighted by Crippen LogP contribution is 2.27. The zero-order valence-electron chi connectivity index (χ0n) is 16.3. The van der Waals surface area contributed by atoms with Crippen LogP contribution in [-0.4, -0.2) is 57.6 Å². The zero-order valence-corrected chi connectivity index (χ0v) is 17.1. The molecule has 150 valence electrons. The topological polar surface area (TPSA) is 90.0 Å². The number of aromatic carboxylic acids is 1. The number of benzene rings is 2. The highest BCUT2D eigenvalue weighted by atomic mass is 32.2. The maximum Gasteiger partial charge on any atom is 0.337 e. The number of carboxylic acids is 1. The maximum absolute atomic E-state index is 12.8. The Morgan fingerprint density at radius 3 is 2.32 bits per heavy atom. The van der Waals surface area contributed by atoms with Gasteiger partial charge in [-0.25, -0.2) is 13.2 Å². The van der Waals surface area contributed by atoms with Crippen molar-refractivity contribution >= 4 is 27.4 Å². The van der Waals surface area contributed by atoms with Crippen molar-refractivity contribution in [3.05, 3.63) is 53.1 Å². The molecule has 1 heterocycles. The number of piperazine rings is 1. The lowest BCUT2D eigenvalue weighted by Gasteiger charge is -2.34. The van der Waals surface area contributed by atoms with E-state index < -0.39 is 16.0 Å².